The number of thiazole rings is 1. The molecule has 0 bridgehead atoms. The van der Waals surface area contributed by atoms with Crippen molar-refractivity contribution in [1.29, 1.82) is 0 Å². The van der Waals surface area contributed by atoms with Crippen molar-refractivity contribution in [3.05, 3.63) is 46.4 Å². The Bertz CT molecular complexity index is 639. The molecule has 0 saturated heterocycles. The largest absolute Gasteiger partial charge is 0.384 e. The number of aromatic nitrogens is 2. The van der Waals surface area contributed by atoms with Gasteiger partial charge in [0, 0.05) is 17.5 Å². The van der Waals surface area contributed by atoms with Gasteiger partial charge in [0.1, 0.15) is 11.5 Å². The Kier molecular flexibility index (Phi) is 4.41. The predicted octanol–water partition coefficient (Wildman–Crippen LogP) is 1.24. The van der Waals surface area contributed by atoms with Crippen molar-refractivity contribution in [2.75, 3.05) is 5.73 Å². The van der Waals surface area contributed by atoms with Gasteiger partial charge in [-0.2, -0.15) is 0 Å². The summed E-state index contributed by atoms with van der Waals surface area (Å²) in [6, 6.07) is 5.38. The molecule has 4 N–H and O–H groups in total. The van der Waals surface area contributed by atoms with Crippen molar-refractivity contribution in [1.82, 2.24) is 9.97 Å². The highest BCUT2D eigenvalue weighted by Gasteiger charge is 2.13. The van der Waals surface area contributed by atoms with E-state index in [9.17, 15) is 9.59 Å². The molecule has 0 unspecified atom stereocenters. The average Bonchev–Trinajstić information content (AvgIpc) is 2.88. The minimum Gasteiger partial charge on any atom is -0.384 e. The van der Waals surface area contributed by atoms with Gasteiger partial charge >= 0.3 is 0 Å². The molecule has 103 valence electrons. The van der Waals surface area contributed by atoms with Crippen LogP contribution in [0.4, 0.5) is 5.82 Å². The standard InChI is InChI=1S/C13H13N4O2S/c14-11-6-2-4-8(16-11)3-1-5-10(18)13-17-9(7-20-13)12(15)19/h2,4-7H,1,3H2,(H2,14,16)(H2,15,19). The van der Waals surface area contributed by atoms with Crippen LogP contribution in [-0.2, 0) is 6.42 Å². The summed E-state index contributed by atoms with van der Waals surface area (Å²) in [6.45, 7) is 0. The third-order valence-electron chi connectivity index (χ3n) is 2.53. The molecule has 0 fully saturated rings. The summed E-state index contributed by atoms with van der Waals surface area (Å²) in [6.07, 6.45) is 2.67. The molecular weight excluding hydrogens is 276 g/mol. The minimum atomic E-state index is -0.635. The average molecular weight is 289 g/mol. The van der Waals surface area contributed by atoms with Crippen LogP contribution in [0.1, 0.15) is 32.4 Å². The number of pyridine rings is 1. The maximum Gasteiger partial charge on any atom is 0.268 e. The normalized spacial score (nSPS) is 10.4. The van der Waals surface area contributed by atoms with E-state index in [0.717, 1.165) is 17.0 Å². The number of amides is 1. The van der Waals surface area contributed by atoms with Crippen molar-refractivity contribution >= 4 is 28.8 Å². The maximum absolute atomic E-state index is 11.8. The number of hydrogen-bond donors (Lipinski definition) is 2. The predicted molar refractivity (Wildman–Crippen MR) is 76.2 cm³/mol. The Labute approximate surface area is 119 Å². The van der Waals surface area contributed by atoms with Gasteiger partial charge in [-0.3, -0.25) is 9.59 Å². The fourth-order valence-electron chi connectivity index (χ4n) is 1.58. The monoisotopic (exact) mass is 289 g/mol. The first-order valence-corrected chi connectivity index (χ1v) is 6.78. The van der Waals surface area contributed by atoms with Gasteiger partial charge < -0.3 is 11.5 Å². The molecule has 2 heterocycles. The number of nitrogen functional groups attached to an aromatic ring is 1. The Morgan fingerprint density at radius 2 is 2.10 bits per heavy atom. The summed E-state index contributed by atoms with van der Waals surface area (Å²) in [4.78, 5) is 30.7. The van der Waals surface area contributed by atoms with Gasteiger partial charge in [0.25, 0.3) is 5.91 Å². The summed E-state index contributed by atoms with van der Waals surface area (Å²) in [7, 11) is 0. The molecule has 1 amide bonds. The van der Waals surface area contributed by atoms with E-state index in [1.807, 2.05) is 12.1 Å². The highest BCUT2D eigenvalue weighted by molar-refractivity contribution is 7.12. The van der Waals surface area contributed by atoms with Crippen molar-refractivity contribution in [2.24, 2.45) is 5.73 Å². The fourth-order valence-corrected chi connectivity index (χ4v) is 2.32. The topological polar surface area (TPSA) is 112 Å². The third kappa shape index (κ3) is 3.61. The molecule has 0 spiro atoms. The maximum atomic E-state index is 11.8. The number of nitrogens with two attached hydrogens (primary N) is 2. The highest BCUT2D eigenvalue weighted by atomic mass is 32.1. The lowest BCUT2D eigenvalue weighted by Gasteiger charge is -2.00. The van der Waals surface area contributed by atoms with E-state index in [2.05, 4.69) is 9.97 Å². The van der Waals surface area contributed by atoms with Crippen molar-refractivity contribution in [3.63, 3.8) is 0 Å². The summed E-state index contributed by atoms with van der Waals surface area (Å²) in [5.74, 6) is -0.393. The Hall–Kier alpha value is -2.28. The first-order chi connectivity index (χ1) is 9.56. The number of nitrogens with zero attached hydrogens (tertiary/aromatic N) is 2. The Balaban J connectivity index is 1.87. The molecule has 2 aromatic rings. The van der Waals surface area contributed by atoms with Crippen LogP contribution in [0.2, 0.25) is 0 Å². The fraction of sp³-hybridized carbons (Fsp3) is 0.154. The molecular formula is C13H13N4O2S. The van der Waals surface area contributed by atoms with Crippen molar-refractivity contribution in [2.45, 2.75) is 12.8 Å². The zero-order valence-corrected chi connectivity index (χ0v) is 11.4. The van der Waals surface area contributed by atoms with E-state index in [4.69, 9.17) is 11.5 Å². The Morgan fingerprint density at radius 1 is 1.30 bits per heavy atom. The quantitative estimate of drug-likeness (QED) is 0.777. The number of ketones is 1. The van der Waals surface area contributed by atoms with Crippen LogP contribution in [0.5, 0.6) is 0 Å². The van der Waals surface area contributed by atoms with E-state index >= 15 is 0 Å². The molecule has 6 nitrogen and oxygen atoms in total. The van der Waals surface area contributed by atoms with Crippen LogP contribution < -0.4 is 11.5 Å². The van der Waals surface area contributed by atoms with Gasteiger partial charge in [-0.05, 0) is 25.0 Å². The van der Waals surface area contributed by atoms with Crippen molar-refractivity contribution in [3.8, 4) is 0 Å². The lowest BCUT2D eigenvalue weighted by atomic mass is 10.1. The summed E-state index contributed by atoms with van der Waals surface area (Å²) in [5.41, 5.74) is 11.6. The SMILES string of the molecule is NC(=O)c1csc(C(=O)[CH]CCc2cccc(N)n2)n1. The number of hydrogen-bond acceptors (Lipinski definition) is 6. The molecule has 0 atom stereocenters. The molecule has 2 aromatic heterocycles. The van der Waals surface area contributed by atoms with Gasteiger partial charge in [0.05, 0.1) is 0 Å². The van der Waals surface area contributed by atoms with E-state index in [1.54, 1.807) is 6.07 Å². The van der Waals surface area contributed by atoms with Crippen LogP contribution in [0.15, 0.2) is 23.6 Å². The lowest BCUT2D eigenvalue weighted by molar-refractivity contribution is 0.0996. The van der Waals surface area contributed by atoms with Crippen LogP contribution in [0.25, 0.3) is 0 Å². The van der Waals surface area contributed by atoms with Gasteiger partial charge in [-0.15, -0.1) is 11.3 Å². The lowest BCUT2D eigenvalue weighted by Crippen LogP contribution is -2.12. The van der Waals surface area contributed by atoms with Gasteiger partial charge in [-0.1, -0.05) is 6.07 Å². The zero-order valence-electron chi connectivity index (χ0n) is 10.6. The first kappa shape index (κ1) is 14.1. The molecule has 0 aliphatic rings. The molecule has 0 saturated carbocycles. The molecule has 0 aromatic carbocycles. The van der Waals surface area contributed by atoms with Gasteiger partial charge in [0.15, 0.2) is 10.8 Å². The highest BCUT2D eigenvalue weighted by Crippen LogP contribution is 2.13. The Morgan fingerprint density at radius 3 is 2.75 bits per heavy atom. The number of anilines is 1. The number of carbonyl (C=O) groups excluding carboxylic acids is 2. The van der Waals surface area contributed by atoms with Gasteiger partial charge in [-0.25, -0.2) is 9.97 Å². The second kappa shape index (κ2) is 6.25. The van der Waals surface area contributed by atoms with Crippen LogP contribution in [-0.4, -0.2) is 21.7 Å². The summed E-state index contributed by atoms with van der Waals surface area (Å²) in [5, 5.41) is 1.74. The summed E-state index contributed by atoms with van der Waals surface area (Å²) >= 11 is 1.11. The molecule has 7 heteroatoms. The molecule has 0 aliphatic heterocycles. The molecule has 2 rings (SSSR count). The smallest absolute Gasteiger partial charge is 0.268 e. The minimum absolute atomic E-state index is 0.115. The van der Waals surface area contributed by atoms with Crippen molar-refractivity contribution < 1.29 is 9.59 Å². The van der Waals surface area contributed by atoms with E-state index in [0.29, 0.717) is 18.7 Å². The third-order valence-corrected chi connectivity index (χ3v) is 3.38. The van der Waals surface area contributed by atoms with E-state index in [-0.39, 0.29) is 16.5 Å². The number of Topliss-reactive ketones (excluding diaryl/α,β-unsaturated/α-hetero) is 1. The number of primary amides is 1. The molecule has 20 heavy (non-hydrogen) atoms. The van der Waals surface area contributed by atoms with E-state index < -0.39 is 5.91 Å². The van der Waals surface area contributed by atoms with Crippen LogP contribution in [0, 0.1) is 6.42 Å². The first-order valence-electron chi connectivity index (χ1n) is 5.90. The number of rotatable bonds is 6. The number of carbonyl (C=O) groups is 2. The second-order valence-corrected chi connectivity index (χ2v) is 4.92. The molecule has 1 radical (unpaired) electrons. The number of aryl methyl sites for hydroxylation is 1. The van der Waals surface area contributed by atoms with Crippen LogP contribution in [0.3, 0.4) is 0 Å². The molecule has 0 aliphatic carbocycles. The summed E-state index contributed by atoms with van der Waals surface area (Å²) < 4.78 is 0. The van der Waals surface area contributed by atoms with Gasteiger partial charge in [0.2, 0.25) is 0 Å². The second-order valence-electron chi connectivity index (χ2n) is 4.06. The zero-order chi connectivity index (χ0) is 14.5. The van der Waals surface area contributed by atoms with Crippen LogP contribution >= 0.6 is 11.3 Å². The van der Waals surface area contributed by atoms with E-state index in [1.165, 1.54) is 11.8 Å².